The monoisotopic (exact) mass is 594 g/mol. The van der Waals surface area contributed by atoms with Crippen molar-refractivity contribution in [3.05, 3.63) is 91.8 Å². The van der Waals surface area contributed by atoms with E-state index in [1.807, 2.05) is 57.2 Å². The third kappa shape index (κ3) is 6.46. The lowest BCUT2D eigenvalue weighted by Gasteiger charge is -2.13. The van der Waals surface area contributed by atoms with Crippen LogP contribution in [0, 0.1) is 20.8 Å². The van der Waals surface area contributed by atoms with Gasteiger partial charge >= 0.3 is 0 Å². The first-order valence-corrected chi connectivity index (χ1v) is 13.4. The van der Waals surface area contributed by atoms with Crippen LogP contribution in [0.4, 0.5) is 10.5 Å². The number of nitrogens with one attached hydrogen (secondary N) is 1. The van der Waals surface area contributed by atoms with E-state index in [0.717, 1.165) is 38.5 Å². The van der Waals surface area contributed by atoms with E-state index >= 15 is 0 Å². The second-order valence-corrected chi connectivity index (χ2v) is 10.8. The molecule has 1 aliphatic heterocycles. The van der Waals surface area contributed by atoms with Crippen molar-refractivity contribution in [3.63, 3.8) is 0 Å². The van der Waals surface area contributed by atoms with Gasteiger partial charge in [0.15, 0.2) is 18.1 Å². The molecule has 3 aromatic carbocycles. The van der Waals surface area contributed by atoms with Crippen LogP contribution < -0.4 is 14.8 Å². The number of amides is 3. The van der Waals surface area contributed by atoms with Gasteiger partial charge in [-0.15, -0.1) is 0 Å². The van der Waals surface area contributed by atoms with Crippen molar-refractivity contribution in [1.82, 2.24) is 4.90 Å². The Morgan fingerprint density at radius 2 is 1.79 bits per heavy atom. The number of imide groups is 1. The van der Waals surface area contributed by atoms with Gasteiger partial charge in [0.05, 0.1) is 24.2 Å². The molecule has 1 fully saturated rings. The normalized spacial score (nSPS) is 14.2. The predicted octanol–water partition coefficient (Wildman–Crippen LogP) is 6.64. The van der Waals surface area contributed by atoms with Gasteiger partial charge in [0.25, 0.3) is 17.1 Å². The molecule has 0 radical (unpaired) electrons. The van der Waals surface area contributed by atoms with Crippen LogP contribution in [-0.4, -0.2) is 35.7 Å². The molecule has 1 heterocycles. The van der Waals surface area contributed by atoms with Crippen LogP contribution >= 0.6 is 27.7 Å². The predicted molar refractivity (Wildman–Crippen MR) is 153 cm³/mol. The molecule has 0 aromatic heterocycles. The first-order chi connectivity index (χ1) is 18.1. The van der Waals surface area contributed by atoms with E-state index in [0.29, 0.717) is 27.7 Å². The summed E-state index contributed by atoms with van der Waals surface area (Å²) in [5, 5.41) is 2.53. The molecule has 0 spiro atoms. The number of halogens is 1. The molecule has 7 nitrogen and oxygen atoms in total. The lowest BCUT2D eigenvalue weighted by atomic mass is 10.1. The summed E-state index contributed by atoms with van der Waals surface area (Å²) < 4.78 is 11.9. The van der Waals surface area contributed by atoms with Crippen LogP contribution in [0.1, 0.15) is 27.8 Å². The maximum Gasteiger partial charge on any atom is 0.293 e. The molecule has 9 heteroatoms. The van der Waals surface area contributed by atoms with E-state index in [1.165, 1.54) is 12.0 Å². The number of aryl methyl sites for hydroxylation is 3. The molecule has 1 saturated heterocycles. The Balaban J connectivity index is 1.42. The maximum absolute atomic E-state index is 12.9. The van der Waals surface area contributed by atoms with E-state index < -0.39 is 0 Å². The van der Waals surface area contributed by atoms with Crippen molar-refractivity contribution in [3.8, 4) is 11.5 Å². The number of rotatable bonds is 8. The number of benzene rings is 3. The third-order valence-electron chi connectivity index (χ3n) is 6.00. The minimum absolute atomic E-state index is 0.215. The first kappa shape index (κ1) is 27.5. The second kappa shape index (κ2) is 11.9. The standard InChI is InChI=1S/C29H27BrN2O5S/c1-17-6-5-7-21(10-17)15-32-28(34)26(38-29(32)35)14-20-8-9-24(25(13-20)36-4)37-16-27(33)31-23-12-19(3)18(2)11-22(23)30/h5-14H,15-16H2,1-4H3,(H,31,33)/b26-14+. The smallest absolute Gasteiger partial charge is 0.293 e. The summed E-state index contributed by atoms with van der Waals surface area (Å²) in [6.07, 6.45) is 1.65. The van der Waals surface area contributed by atoms with E-state index in [1.54, 1.807) is 24.3 Å². The lowest BCUT2D eigenvalue weighted by molar-refractivity contribution is -0.123. The van der Waals surface area contributed by atoms with Crippen molar-refractivity contribution in [2.24, 2.45) is 0 Å². The Morgan fingerprint density at radius 1 is 1.03 bits per heavy atom. The second-order valence-electron chi connectivity index (χ2n) is 8.92. The van der Waals surface area contributed by atoms with Crippen LogP contribution in [-0.2, 0) is 16.1 Å². The average Bonchev–Trinajstić information content (AvgIpc) is 3.13. The molecule has 0 bridgehead atoms. The summed E-state index contributed by atoms with van der Waals surface area (Å²) >= 11 is 4.38. The number of methoxy groups -OCH3 is 1. The van der Waals surface area contributed by atoms with Gasteiger partial charge in [0, 0.05) is 4.47 Å². The van der Waals surface area contributed by atoms with Crippen molar-refractivity contribution in [2.75, 3.05) is 19.0 Å². The van der Waals surface area contributed by atoms with E-state index in [9.17, 15) is 14.4 Å². The Bertz CT molecular complexity index is 1450. The van der Waals surface area contributed by atoms with Crippen LogP contribution in [0.3, 0.4) is 0 Å². The van der Waals surface area contributed by atoms with Crippen molar-refractivity contribution < 1.29 is 23.9 Å². The highest BCUT2D eigenvalue weighted by Gasteiger charge is 2.35. The van der Waals surface area contributed by atoms with Crippen LogP contribution in [0.25, 0.3) is 6.08 Å². The number of nitrogens with zero attached hydrogens (tertiary/aromatic N) is 1. The molecule has 0 atom stereocenters. The molecule has 1 N–H and O–H groups in total. The Kier molecular flexibility index (Phi) is 8.58. The fourth-order valence-electron chi connectivity index (χ4n) is 3.88. The highest BCUT2D eigenvalue weighted by Crippen LogP contribution is 2.35. The van der Waals surface area contributed by atoms with E-state index in [2.05, 4.69) is 21.2 Å². The number of carbonyl (C=O) groups excluding carboxylic acids is 3. The highest BCUT2D eigenvalue weighted by atomic mass is 79.9. The first-order valence-electron chi connectivity index (χ1n) is 11.8. The summed E-state index contributed by atoms with van der Waals surface area (Å²) in [7, 11) is 1.49. The zero-order valence-corrected chi connectivity index (χ0v) is 23.9. The minimum Gasteiger partial charge on any atom is -0.493 e. The van der Waals surface area contributed by atoms with E-state index in [4.69, 9.17) is 9.47 Å². The van der Waals surface area contributed by atoms with Gasteiger partial charge in [-0.25, -0.2) is 0 Å². The molecule has 1 aliphatic rings. The van der Waals surface area contributed by atoms with Crippen molar-refractivity contribution in [1.29, 1.82) is 0 Å². The Morgan fingerprint density at radius 3 is 2.53 bits per heavy atom. The van der Waals surface area contributed by atoms with Gasteiger partial charge in [-0.2, -0.15) is 0 Å². The van der Waals surface area contributed by atoms with Gasteiger partial charge in [-0.1, -0.05) is 35.9 Å². The van der Waals surface area contributed by atoms with Crippen LogP contribution in [0.5, 0.6) is 11.5 Å². The summed E-state index contributed by atoms with van der Waals surface area (Å²) in [4.78, 5) is 39.5. The minimum atomic E-state index is -0.338. The molecular weight excluding hydrogens is 568 g/mol. The molecule has 38 heavy (non-hydrogen) atoms. The summed E-state index contributed by atoms with van der Waals surface area (Å²) in [6, 6.07) is 16.7. The third-order valence-corrected chi connectivity index (χ3v) is 7.56. The average molecular weight is 596 g/mol. The summed E-state index contributed by atoms with van der Waals surface area (Å²) in [6.45, 7) is 5.95. The topological polar surface area (TPSA) is 84.9 Å². The zero-order valence-electron chi connectivity index (χ0n) is 21.5. The number of carbonyl (C=O) groups is 3. The van der Waals surface area contributed by atoms with Crippen molar-refractivity contribution in [2.45, 2.75) is 27.3 Å². The van der Waals surface area contributed by atoms with Crippen molar-refractivity contribution >= 4 is 56.5 Å². The fourth-order valence-corrected chi connectivity index (χ4v) is 5.28. The number of ether oxygens (including phenoxy) is 2. The largest absolute Gasteiger partial charge is 0.493 e. The highest BCUT2D eigenvalue weighted by molar-refractivity contribution is 9.10. The molecule has 196 valence electrons. The Hall–Kier alpha value is -3.56. The quantitative estimate of drug-likeness (QED) is 0.294. The lowest BCUT2D eigenvalue weighted by Crippen LogP contribution is -2.27. The van der Waals surface area contributed by atoms with Crippen LogP contribution in [0.2, 0.25) is 0 Å². The van der Waals surface area contributed by atoms with Gasteiger partial charge in [0.1, 0.15) is 0 Å². The molecule has 0 unspecified atom stereocenters. The molecule has 4 rings (SSSR count). The van der Waals surface area contributed by atoms with Gasteiger partial charge in [-0.3, -0.25) is 19.3 Å². The SMILES string of the molecule is COc1cc(/C=C2/SC(=O)N(Cc3cccc(C)c3)C2=O)ccc1OCC(=O)Nc1cc(C)c(C)cc1Br. The number of thioether (sulfide) groups is 1. The number of hydrogen-bond donors (Lipinski definition) is 1. The molecule has 0 saturated carbocycles. The summed E-state index contributed by atoms with van der Waals surface area (Å²) in [5.74, 6) is 0.127. The molecular formula is C29H27BrN2O5S. The summed E-state index contributed by atoms with van der Waals surface area (Å²) in [5.41, 5.74) is 5.47. The number of anilines is 1. The number of hydrogen-bond acceptors (Lipinski definition) is 6. The van der Waals surface area contributed by atoms with Gasteiger partial charge in [-0.05, 0) is 101 Å². The van der Waals surface area contributed by atoms with E-state index in [-0.39, 0.29) is 30.2 Å². The van der Waals surface area contributed by atoms with Gasteiger partial charge < -0.3 is 14.8 Å². The Labute approximate surface area is 234 Å². The zero-order chi connectivity index (χ0) is 27.4. The maximum atomic E-state index is 12.9. The molecule has 3 aromatic rings. The van der Waals surface area contributed by atoms with Gasteiger partial charge in [0.2, 0.25) is 0 Å². The molecule has 3 amide bonds. The molecule has 0 aliphatic carbocycles. The van der Waals surface area contributed by atoms with Crippen LogP contribution in [0.15, 0.2) is 64.0 Å². The fraction of sp³-hybridized carbons (Fsp3) is 0.207.